The highest BCUT2D eigenvalue weighted by atomic mass is 19.1. The molecule has 2 aromatic rings. The number of ether oxygens (including phenoxy) is 3. The molecule has 0 bridgehead atoms. The third-order valence-electron chi connectivity index (χ3n) is 4.40. The number of rotatable bonds is 7. The molecule has 0 atom stereocenters. The van der Waals surface area contributed by atoms with Crippen LogP contribution in [0.2, 0.25) is 0 Å². The van der Waals surface area contributed by atoms with Crippen molar-refractivity contribution in [2.45, 2.75) is 6.42 Å². The molecule has 7 heteroatoms. The van der Waals surface area contributed by atoms with Gasteiger partial charge in [-0.25, -0.2) is 4.39 Å². The van der Waals surface area contributed by atoms with E-state index in [2.05, 4.69) is 14.6 Å². The Morgan fingerprint density at radius 2 is 2.07 bits per heavy atom. The summed E-state index contributed by atoms with van der Waals surface area (Å²) in [6.07, 6.45) is 1.70. The fourth-order valence-electron chi connectivity index (χ4n) is 2.84. The number of esters is 1. The maximum absolute atomic E-state index is 14.5. The number of methoxy groups -OCH3 is 1. The molecular formula is C20H23FN2O4. The lowest BCUT2D eigenvalue weighted by Crippen LogP contribution is -2.38. The van der Waals surface area contributed by atoms with E-state index in [1.165, 1.54) is 13.2 Å². The fourth-order valence-corrected chi connectivity index (χ4v) is 2.84. The van der Waals surface area contributed by atoms with Gasteiger partial charge in [-0.05, 0) is 23.8 Å². The molecule has 1 fully saturated rings. The van der Waals surface area contributed by atoms with Crippen molar-refractivity contribution in [2.75, 3.05) is 46.6 Å². The molecule has 1 aromatic carbocycles. The van der Waals surface area contributed by atoms with Crippen LogP contribution in [0.25, 0.3) is 11.3 Å². The van der Waals surface area contributed by atoms with Gasteiger partial charge in [0.2, 0.25) is 0 Å². The van der Waals surface area contributed by atoms with E-state index in [9.17, 15) is 9.18 Å². The van der Waals surface area contributed by atoms with Gasteiger partial charge >= 0.3 is 5.97 Å². The summed E-state index contributed by atoms with van der Waals surface area (Å²) in [6.45, 7) is 4.57. The number of carbonyl (C=O) groups is 1. The lowest BCUT2D eigenvalue weighted by atomic mass is 10.1. The van der Waals surface area contributed by atoms with Crippen molar-refractivity contribution >= 4 is 5.97 Å². The van der Waals surface area contributed by atoms with Gasteiger partial charge in [-0.3, -0.25) is 14.7 Å². The number of nitrogens with zero attached hydrogens (tertiary/aromatic N) is 2. The summed E-state index contributed by atoms with van der Waals surface area (Å²) in [5.41, 5.74) is 1.61. The molecule has 0 N–H and O–H groups in total. The second-order valence-electron chi connectivity index (χ2n) is 6.25. The van der Waals surface area contributed by atoms with Crippen molar-refractivity contribution in [1.82, 2.24) is 9.88 Å². The van der Waals surface area contributed by atoms with E-state index in [4.69, 9.17) is 9.47 Å². The van der Waals surface area contributed by atoms with Gasteiger partial charge in [0.1, 0.15) is 18.2 Å². The van der Waals surface area contributed by atoms with Gasteiger partial charge in [-0.1, -0.05) is 6.07 Å². The van der Waals surface area contributed by atoms with E-state index in [0.717, 1.165) is 32.8 Å². The molecule has 0 spiro atoms. The molecule has 144 valence electrons. The van der Waals surface area contributed by atoms with Crippen LogP contribution in [0.3, 0.4) is 0 Å². The first-order chi connectivity index (χ1) is 13.2. The second-order valence-corrected chi connectivity index (χ2v) is 6.25. The Bertz CT molecular complexity index is 761. The number of hydrogen-bond acceptors (Lipinski definition) is 6. The highest BCUT2D eigenvalue weighted by molar-refractivity contribution is 5.72. The van der Waals surface area contributed by atoms with Crippen molar-refractivity contribution in [3.05, 3.63) is 47.9 Å². The molecule has 0 radical (unpaired) electrons. The Morgan fingerprint density at radius 1 is 1.26 bits per heavy atom. The highest BCUT2D eigenvalue weighted by Gasteiger charge is 2.12. The van der Waals surface area contributed by atoms with Crippen LogP contribution in [0.1, 0.15) is 5.56 Å². The number of morpholine rings is 1. The first-order valence-electron chi connectivity index (χ1n) is 8.90. The van der Waals surface area contributed by atoms with Crippen LogP contribution in [0.15, 0.2) is 36.5 Å². The van der Waals surface area contributed by atoms with Crippen LogP contribution in [0, 0.1) is 5.82 Å². The van der Waals surface area contributed by atoms with Gasteiger partial charge in [0.25, 0.3) is 0 Å². The van der Waals surface area contributed by atoms with Gasteiger partial charge in [0, 0.05) is 37.5 Å². The SMILES string of the molecule is COC(=O)Cc1ccc(-c2ccc(OCCN3CCOCC3)cc2F)nc1. The molecule has 1 aliphatic heterocycles. The Morgan fingerprint density at radius 3 is 2.74 bits per heavy atom. The van der Waals surface area contributed by atoms with Crippen LogP contribution in [-0.2, 0) is 20.7 Å². The molecule has 1 saturated heterocycles. The maximum Gasteiger partial charge on any atom is 0.310 e. The zero-order valence-electron chi connectivity index (χ0n) is 15.3. The smallest absolute Gasteiger partial charge is 0.310 e. The first kappa shape index (κ1) is 19.3. The minimum Gasteiger partial charge on any atom is -0.492 e. The third kappa shape index (κ3) is 5.48. The predicted molar refractivity (Wildman–Crippen MR) is 98.1 cm³/mol. The minimum absolute atomic E-state index is 0.141. The number of aromatic nitrogens is 1. The molecule has 27 heavy (non-hydrogen) atoms. The number of carbonyl (C=O) groups excluding carboxylic acids is 1. The summed E-state index contributed by atoms with van der Waals surface area (Å²) >= 11 is 0. The predicted octanol–water partition coefficient (Wildman–Crippen LogP) is 2.31. The lowest BCUT2D eigenvalue weighted by Gasteiger charge is -2.26. The molecule has 6 nitrogen and oxygen atoms in total. The number of hydrogen-bond donors (Lipinski definition) is 0. The van der Waals surface area contributed by atoms with Crippen molar-refractivity contribution in [3.8, 4) is 17.0 Å². The Labute approximate surface area is 157 Å². The average molecular weight is 374 g/mol. The second kappa shape index (κ2) is 9.43. The molecule has 2 heterocycles. The molecule has 1 aliphatic rings. The average Bonchev–Trinajstić information content (AvgIpc) is 2.70. The summed E-state index contributed by atoms with van der Waals surface area (Å²) in [5, 5.41) is 0. The quantitative estimate of drug-likeness (QED) is 0.693. The molecule has 0 aliphatic carbocycles. The summed E-state index contributed by atoms with van der Waals surface area (Å²) < 4.78 is 30.1. The molecule has 3 rings (SSSR count). The summed E-state index contributed by atoms with van der Waals surface area (Å²) in [7, 11) is 1.34. The van der Waals surface area contributed by atoms with E-state index >= 15 is 0 Å². The van der Waals surface area contributed by atoms with E-state index in [1.54, 1.807) is 30.5 Å². The molecular weight excluding hydrogens is 351 g/mol. The van der Waals surface area contributed by atoms with Crippen molar-refractivity contribution < 1.29 is 23.4 Å². The van der Waals surface area contributed by atoms with E-state index < -0.39 is 5.82 Å². The van der Waals surface area contributed by atoms with Crippen LogP contribution in [-0.4, -0.2) is 62.4 Å². The normalized spacial score (nSPS) is 14.7. The van der Waals surface area contributed by atoms with E-state index in [0.29, 0.717) is 29.2 Å². The Kier molecular flexibility index (Phi) is 6.73. The van der Waals surface area contributed by atoms with E-state index in [1.807, 2.05) is 0 Å². The zero-order valence-corrected chi connectivity index (χ0v) is 15.3. The Hall–Kier alpha value is -2.51. The van der Waals surface area contributed by atoms with Crippen LogP contribution in [0.5, 0.6) is 5.75 Å². The molecule has 1 aromatic heterocycles. The first-order valence-corrected chi connectivity index (χ1v) is 8.90. The standard InChI is InChI=1S/C20H23FN2O4/c1-25-20(24)12-15-2-5-19(22-14-15)17-4-3-16(13-18(17)21)27-11-8-23-6-9-26-10-7-23/h2-5,13-14H,6-12H2,1H3. The van der Waals surface area contributed by atoms with E-state index in [-0.39, 0.29) is 12.4 Å². The minimum atomic E-state index is -0.396. The number of pyridine rings is 1. The summed E-state index contributed by atoms with van der Waals surface area (Å²) in [6, 6.07) is 8.20. The summed E-state index contributed by atoms with van der Waals surface area (Å²) in [4.78, 5) is 17.8. The topological polar surface area (TPSA) is 60.9 Å². The molecule has 0 saturated carbocycles. The third-order valence-corrected chi connectivity index (χ3v) is 4.40. The largest absolute Gasteiger partial charge is 0.492 e. The van der Waals surface area contributed by atoms with Crippen molar-refractivity contribution in [1.29, 1.82) is 0 Å². The fraction of sp³-hybridized carbons (Fsp3) is 0.400. The number of benzene rings is 1. The highest BCUT2D eigenvalue weighted by Crippen LogP contribution is 2.25. The van der Waals surface area contributed by atoms with Crippen LogP contribution < -0.4 is 4.74 Å². The molecule has 0 amide bonds. The van der Waals surface area contributed by atoms with Crippen molar-refractivity contribution in [2.24, 2.45) is 0 Å². The van der Waals surface area contributed by atoms with Gasteiger partial charge in [0.15, 0.2) is 0 Å². The van der Waals surface area contributed by atoms with Crippen LogP contribution >= 0.6 is 0 Å². The van der Waals surface area contributed by atoms with Crippen molar-refractivity contribution in [3.63, 3.8) is 0 Å². The number of halogens is 1. The van der Waals surface area contributed by atoms with Gasteiger partial charge in [0.05, 0.1) is 32.4 Å². The summed E-state index contributed by atoms with van der Waals surface area (Å²) in [5.74, 6) is -0.242. The monoisotopic (exact) mass is 374 g/mol. The van der Waals surface area contributed by atoms with Crippen LogP contribution in [0.4, 0.5) is 4.39 Å². The zero-order chi connectivity index (χ0) is 19.1. The lowest BCUT2D eigenvalue weighted by molar-refractivity contribution is -0.139. The van der Waals surface area contributed by atoms with Gasteiger partial charge in [-0.15, -0.1) is 0 Å². The molecule has 0 unspecified atom stereocenters. The van der Waals surface area contributed by atoms with Gasteiger partial charge in [-0.2, -0.15) is 0 Å². The Balaban J connectivity index is 1.58. The van der Waals surface area contributed by atoms with Gasteiger partial charge < -0.3 is 14.2 Å². The maximum atomic E-state index is 14.5.